The van der Waals surface area contributed by atoms with E-state index in [1.165, 1.54) is 4.31 Å². The van der Waals surface area contributed by atoms with Gasteiger partial charge in [-0.05, 0) is 35.6 Å². The molecule has 4 aromatic rings. The zero-order valence-electron chi connectivity index (χ0n) is 15.6. The number of para-hydroxylation sites is 1. The molecule has 0 radical (unpaired) electrons. The second-order valence-corrected chi connectivity index (χ2v) is 8.93. The number of benzene rings is 3. The van der Waals surface area contributed by atoms with Gasteiger partial charge in [0.2, 0.25) is 5.91 Å². The van der Waals surface area contributed by atoms with Crippen LogP contribution in [0.25, 0.3) is 21.7 Å². The third kappa shape index (κ3) is 2.86. The van der Waals surface area contributed by atoms with Gasteiger partial charge in [0.05, 0.1) is 10.6 Å². The number of hydrogen-bond donors (Lipinski definition) is 2. The molecule has 2 N–H and O–H groups in total. The highest BCUT2D eigenvalue weighted by molar-refractivity contribution is 7.93. The molecule has 1 aliphatic rings. The maximum atomic E-state index is 12.9. The Hall–Kier alpha value is -3.32. The molecule has 1 aromatic heterocycles. The van der Waals surface area contributed by atoms with Crippen LogP contribution in [-0.4, -0.2) is 32.4 Å². The molecule has 6 nitrogen and oxygen atoms in total. The largest absolute Gasteiger partial charge is 0.361 e. The number of aromatic nitrogens is 1. The van der Waals surface area contributed by atoms with Gasteiger partial charge in [-0.3, -0.25) is 9.10 Å². The summed E-state index contributed by atoms with van der Waals surface area (Å²) in [6.07, 6.45) is 2.61. The molecule has 2 heterocycles. The number of aromatic amines is 1. The summed E-state index contributed by atoms with van der Waals surface area (Å²) in [7, 11) is -3.72. The van der Waals surface area contributed by atoms with E-state index in [1.807, 2.05) is 48.7 Å². The van der Waals surface area contributed by atoms with Gasteiger partial charge < -0.3 is 10.3 Å². The Labute approximate surface area is 168 Å². The van der Waals surface area contributed by atoms with Gasteiger partial charge >= 0.3 is 0 Å². The maximum Gasteiger partial charge on any atom is 0.265 e. The van der Waals surface area contributed by atoms with Crippen LogP contribution in [0.1, 0.15) is 5.56 Å². The first-order valence-corrected chi connectivity index (χ1v) is 10.9. The molecule has 0 fully saturated rings. The minimum atomic E-state index is -3.72. The van der Waals surface area contributed by atoms with E-state index in [1.54, 1.807) is 18.2 Å². The molecule has 0 atom stereocenters. The molecule has 1 amide bonds. The van der Waals surface area contributed by atoms with Crippen molar-refractivity contribution in [1.29, 1.82) is 0 Å². The SMILES string of the molecule is O=C(CN1c2cccc3cccc(c23)S1(=O)=O)NCCc1c[nH]c2ccccc12. The van der Waals surface area contributed by atoms with E-state index >= 15 is 0 Å². The van der Waals surface area contributed by atoms with E-state index in [-0.39, 0.29) is 17.3 Å². The number of anilines is 1. The van der Waals surface area contributed by atoms with Crippen molar-refractivity contribution >= 4 is 43.3 Å². The van der Waals surface area contributed by atoms with Gasteiger partial charge in [-0.25, -0.2) is 8.42 Å². The molecule has 0 unspecified atom stereocenters. The Morgan fingerprint density at radius 1 is 1.00 bits per heavy atom. The van der Waals surface area contributed by atoms with Gasteiger partial charge in [0, 0.05) is 29.0 Å². The molecule has 0 saturated heterocycles. The summed E-state index contributed by atoms with van der Waals surface area (Å²) in [5.41, 5.74) is 2.74. The van der Waals surface area contributed by atoms with E-state index in [4.69, 9.17) is 0 Å². The summed E-state index contributed by atoms with van der Waals surface area (Å²) < 4.78 is 27.1. The van der Waals surface area contributed by atoms with Crippen molar-refractivity contribution in [3.63, 3.8) is 0 Å². The monoisotopic (exact) mass is 405 g/mol. The van der Waals surface area contributed by atoms with Gasteiger partial charge in [-0.1, -0.05) is 42.5 Å². The van der Waals surface area contributed by atoms with Crippen LogP contribution < -0.4 is 9.62 Å². The van der Waals surface area contributed by atoms with Crippen molar-refractivity contribution in [3.8, 4) is 0 Å². The van der Waals surface area contributed by atoms with Crippen LogP contribution in [0.15, 0.2) is 71.8 Å². The maximum absolute atomic E-state index is 12.9. The minimum Gasteiger partial charge on any atom is -0.361 e. The number of nitrogens with one attached hydrogen (secondary N) is 2. The zero-order chi connectivity index (χ0) is 20.0. The molecular weight excluding hydrogens is 386 g/mol. The van der Waals surface area contributed by atoms with Gasteiger partial charge in [0.25, 0.3) is 10.0 Å². The highest BCUT2D eigenvalue weighted by Gasteiger charge is 2.36. The average Bonchev–Trinajstić information content (AvgIpc) is 3.22. The van der Waals surface area contributed by atoms with Crippen LogP contribution in [0.4, 0.5) is 5.69 Å². The molecule has 0 spiro atoms. The Kier molecular flexibility index (Phi) is 4.06. The predicted molar refractivity (Wildman–Crippen MR) is 113 cm³/mol. The summed E-state index contributed by atoms with van der Waals surface area (Å²) in [4.78, 5) is 16.0. The fourth-order valence-corrected chi connectivity index (χ4v) is 5.66. The molecule has 146 valence electrons. The number of sulfonamides is 1. The highest BCUT2D eigenvalue weighted by Crippen LogP contribution is 2.41. The smallest absolute Gasteiger partial charge is 0.265 e. The number of nitrogens with zero attached hydrogens (tertiary/aromatic N) is 1. The number of rotatable bonds is 5. The van der Waals surface area contributed by atoms with Crippen molar-refractivity contribution in [1.82, 2.24) is 10.3 Å². The van der Waals surface area contributed by atoms with E-state index in [0.29, 0.717) is 24.0 Å². The van der Waals surface area contributed by atoms with Crippen LogP contribution in [-0.2, 0) is 21.2 Å². The molecule has 1 aliphatic heterocycles. The lowest BCUT2D eigenvalue weighted by Gasteiger charge is -2.18. The molecule has 29 heavy (non-hydrogen) atoms. The van der Waals surface area contributed by atoms with Gasteiger partial charge in [-0.15, -0.1) is 0 Å². The van der Waals surface area contributed by atoms with Crippen molar-refractivity contribution in [3.05, 3.63) is 72.4 Å². The van der Waals surface area contributed by atoms with Crippen molar-refractivity contribution in [2.24, 2.45) is 0 Å². The number of fused-ring (bicyclic) bond motifs is 1. The lowest BCUT2D eigenvalue weighted by Crippen LogP contribution is -2.39. The lowest BCUT2D eigenvalue weighted by atomic mass is 10.1. The molecule has 7 heteroatoms. The minimum absolute atomic E-state index is 0.232. The van der Waals surface area contributed by atoms with Crippen LogP contribution in [0.3, 0.4) is 0 Å². The Morgan fingerprint density at radius 2 is 1.79 bits per heavy atom. The Balaban J connectivity index is 1.31. The standard InChI is InChI=1S/C22H19N3O3S/c26-21(23-12-11-16-13-24-18-8-2-1-7-17(16)18)14-25-19-9-3-5-15-6-4-10-20(22(15)19)29(25,27)28/h1-10,13,24H,11-12,14H2,(H,23,26). The molecular formula is C22H19N3O3S. The molecule has 3 aromatic carbocycles. The zero-order valence-corrected chi connectivity index (χ0v) is 16.4. The highest BCUT2D eigenvalue weighted by atomic mass is 32.2. The topological polar surface area (TPSA) is 82.3 Å². The second-order valence-electron chi connectivity index (χ2n) is 7.10. The van der Waals surface area contributed by atoms with Crippen LogP contribution in [0.5, 0.6) is 0 Å². The molecule has 0 saturated carbocycles. The normalized spacial score (nSPS) is 14.6. The molecule has 0 bridgehead atoms. The first-order chi connectivity index (χ1) is 14.1. The summed E-state index contributed by atoms with van der Waals surface area (Å²) in [5.74, 6) is -0.321. The quantitative estimate of drug-likeness (QED) is 0.535. The third-order valence-electron chi connectivity index (χ3n) is 5.36. The number of H-pyrrole nitrogens is 1. The van der Waals surface area contributed by atoms with Crippen molar-refractivity contribution in [2.75, 3.05) is 17.4 Å². The third-order valence-corrected chi connectivity index (χ3v) is 7.16. The van der Waals surface area contributed by atoms with Gasteiger partial charge in [0.15, 0.2) is 0 Å². The Morgan fingerprint density at radius 3 is 2.66 bits per heavy atom. The van der Waals surface area contributed by atoms with Crippen LogP contribution >= 0.6 is 0 Å². The fraction of sp³-hybridized carbons (Fsp3) is 0.136. The van der Waals surface area contributed by atoms with Crippen LogP contribution in [0.2, 0.25) is 0 Å². The summed E-state index contributed by atoms with van der Waals surface area (Å²) in [6.45, 7) is 0.204. The molecule has 5 rings (SSSR count). The van der Waals surface area contributed by atoms with E-state index in [2.05, 4.69) is 10.3 Å². The number of carbonyl (C=O) groups is 1. The summed E-state index contributed by atoms with van der Waals surface area (Å²) in [6, 6.07) is 18.6. The van der Waals surface area contributed by atoms with Crippen LogP contribution in [0, 0.1) is 0 Å². The second kappa shape index (κ2) is 6.63. The van der Waals surface area contributed by atoms with E-state index < -0.39 is 10.0 Å². The predicted octanol–water partition coefficient (Wildman–Crippen LogP) is 3.19. The lowest BCUT2D eigenvalue weighted by molar-refractivity contribution is -0.119. The van der Waals surface area contributed by atoms with Crippen molar-refractivity contribution < 1.29 is 13.2 Å². The first-order valence-electron chi connectivity index (χ1n) is 9.42. The summed E-state index contributed by atoms with van der Waals surface area (Å²) >= 11 is 0. The molecule has 0 aliphatic carbocycles. The first kappa shape index (κ1) is 17.8. The fourth-order valence-electron chi connectivity index (χ4n) is 3.99. The number of hydrogen-bond acceptors (Lipinski definition) is 3. The number of amides is 1. The average molecular weight is 405 g/mol. The van der Waals surface area contributed by atoms with E-state index in [0.717, 1.165) is 21.9 Å². The number of carbonyl (C=O) groups excluding carboxylic acids is 1. The van der Waals surface area contributed by atoms with Gasteiger partial charge in [0.1, 0.15) is 6.54 Å². The Bertz CT molecular complexity index is 1350. The summed E-state index contributed by atoms with van der Waals surface area (Å²) in [5, 5.41) is 5.52. The van der Waals surface area contributed by atoms with E-state index in [9.17, 15) is 13.2 Å². The van der Waals surface area contributed by atoms with Gasteiger partial charge in [-0.2, -0.15) is 0 Å². The van der Waals surface area contributed by atoms with Crippen molar-refractivity contribution in [2.45, 2.75) is 11.3 Å².